The maximum atomic E-state index is 12.4. The Morgan fingerprint density at radius 3 is 2.11 bits per heavy atom. The second-order valence-electron chi connectivity index (χ2n) is 4.50. The molecular weight excluding hydrogens is 232 g/mol. The monoisotopic (exact) mass is 254 g/mol. The standard InChI is InChI=1S/C13H22N2O3/c1-6-13(7-2,9-14)12(17)15(10(3)4)8-11(16)18-5/h10H,6-8H2,1-5H3. The first-order valence-corrected chi connectivity index (χ1v) is 6.17. The van der Waals surface area contributed by atoms with Crippen molar-refractivity contribution in [2.24, 2.45) is 5.41 Å². The van der Waals surface area contributed by atoms with Gasteiger partial charge in [-0.1, -0.05) is 13.8 Å². The minimum Gasteiger partial charge on any atom is -0.468 e. The third-order valence-corrected chi connectivity index (χ3v) is 3.24. The predicted octanol–water partition coefficient (Wildman–Crippen LogP) is 1.73. The first kappa shape index (κ1) is 16.4. The number of nitrogens with zero attached hydrogens (tertiary/aromatic N) is 2. The molecule has 102 valence electrons. The first-order valence-electron chi connectivity index (χ1n) is 6.17. The summed E-state index contributed by atoms with van der Waals surface area (Å²) in [5.41, 5.74) is -1.04. The molecule has 0 aromatic carbocycles. The van der Waals surface area contributed by atoms with Crippen LogP contribution in [0.5, 0.6) is 0 Å². The normalized spacial score (nSPS) is 10.9. The van der Waals surface area contributed by atoms with Crippen LogP contribution in [0.4, 0.5) is 0 Å². The van der Waals surface area contributed by atoms with Gasteiger partial charge in [-0.2, -0.15) is 5.26 Å². The molecule has 0 saturated heterocycles. The van der Waals surface area contributed by atoms with Crippen molar-refractivity contribution in [2.45, 2.75) is 46.6 Å². The number of carbonyl (C=O) groups is 2. The Morgan fingerprint density at radius 2 is 1.83 bits per heavy atom. The van der Waals surface area contributed by atoms with E-state index in [0.29, 0.717) is 12.8 Å². The molecule has 5 nitrogen and oxygen atoms in total. The van der Waals surface area contributed by atoms with E-state index < -0.39 is 11.4 Å². The van der Waals surface area contributed by atoms with Gasteiger partial charge in [-0.15, -0.1) is 0 Å². The lowest BCUT2D eigenvalue weighted by Gasteiger charge is -2.33. The lowest BCUT2D eigenvalue weighted by atomic mass is 9.82. The van der Waals surface area contributed by atoms with Gasteiger partial charge >= 0.3 is 5.97 Å². The molecule has 0 aliphatic carbocycles. The number of hydrogen-bond acceptors (Lipinski definition) is 4. The molecule has 0 aliphatic heterocycles. The molecular formula is C13H22N2O3. The summed E-state index contributed by atoms with van der Waals surface area (Å²) in [6.07, 6.45) is 0.868. The van der Waals surface area contributed by atoms with Crippen LogP contribution < -0.4 is 0 Å². The van der Waals surface area contributed by atoms with Crippen molar-refractivity contribution < 1.29 is 14.3 Å². The lowest BCUT2D eigenvalue weighted by molar-refractivity contribution is -0.151. The van der Waals surface area contributed by atoms with Gasteiger partial charge < -0.3 is 9.64 Å². The average molecular weight is 254 g/mol. The van der Waals surface area contributed by atoms with E-state index in [4.69, 9.17) is 0 Å². The van der Waals surface area contributed by atoms with E-state index in [1.807, 2.05) is 13.8 Å². The van der Waals surface area contributed by atoms with Crippen molar-refractivity contribution >= 4 is 11.9 Å². The highest BCUT2D eigenvalue weighted by atomic mass is 16.5. The van der Waals surface area contributed by atoms with E-state index in [1.165, 1.54) is 12.0 Å². The summed E-state index contributed by atoms with van der Waals surface area (Å²) in [6.45, 7) is 7.13. The number of methoxy groups -OCH3 is 1. The summed E-state index contributed by atoms with van der Waals surface area (Å²) >= 11 is 0. The van der Waals surface area contributed by atoms with E-state index in [1.54, 1.807) is 13.8 Å². The van der Waals surface area contributed by atoms with Gasteiger partial charge in [0, 0.05) is 6.04 Å². The quantitative estimate of drug-likeness (QED) is 0.677. The zero-order valence-electron chi connectivity index (χ0n) is 11.8. The zero-order valence-corrected chi connectivity index (χ0v) is 11.8. The number of esters is 1. The summed E-state index contributed by atoms with van der Waals surface area (Å²) in [5.74, 6) is -0.772. The highest BCUT2D eigenvalue weighted by Gasteiger charge is 2.39. The molecule has 0 unspecified atom stereocenters. The number of rotatable bonds is 6. The van der Waals surface area contributed by atoms with Crippen molar-refractivity contribution in [1.82, 2.24) is 4.90 Å². The molecule has 0 rings (SSSR count). The van der Waals surface area contributed by atoms with Crippen LogP contribution in [0.3, 0.4) is 0 Å². The van der Waals surface area contributed by atoms with E-state index in [-0.39, 0.29) is 18.5 Å². The molecule has 0 atom stereocenters. The van der Waals surface area contributed by atoms with Gasteiger partial charge in [0.05, 0.1) is 13.2 Å². The topological polar surface area (TPSA) is 70.4 Å². The Labute approximate surface area is 109 Å². The molecule has 1 amide bonds. The highest BCUT2D eigenvalue weighted by Crippen LogP contribution is 2.28. The fourth-order valence-electron chi connectivity index (χ4n) is 1.73. The SMILES string of the molecule is CCC(C#N)(CC)C(=O)N(CC(=O)OC)C(C)C. The lowest BCUT2D eigenvalue weighted by Crippen LogP contribution is -2.48. The smallest absolute Gasteiger partial charge is 0.325 e. The zero-order chi connectivity index (χ0) is 14.3. The molecule has 0 spiro atoms. The summed E-state index contributed by atoms with van der Waals surface area (Å²) in [5, 5.41) is 9.26. The van der Waals surface area contributed by atoms with Crippen molar-refractivity contribution in [3.63, 3.8) is 0 Å². The van der Waals surface area contributed by atoms with Crippen molar-refractivity contribution in [3.8, 4) is 6.07 Å². The fraction of sp³-hybridized carbons (Fsp3) is 0.769. The molecule has 0 N–H and O–H groups in total. The summed E-state index contributed by atoms with van der Waals surface area (Å²) < 4.78 is 4.58. The molecule has 0 saturated carbocycles. The van der Waals surface area contributed by atoms with Crippen LogP contribution in [0.15, 0.2) is 0 Å². The van der Waals surface area contributed by atoms with Gasteiger partial charge in [-0.3, -0.25) is 9.59 Å². The Morgan fingerprint density at radius 1 is 1.33 bits per heavy atom. The third kappa shape index (κ3) is 3.46. The van der Waals surface area contributed by atoms with Crippen LogP contribution in [0.2, 0.25) is 0 Å². The second kappa shape index (κ2) is 7.00. The van der Waals surface area contributed by atoms with Crippen LogP contribution in [0.1, 0.15) is 40.5 Å². The van der Waals surface area contributed by atoms with E-state index in [9.17, 15) is 14.9 Å². The number of hydrogen-bond donors (Lipinski definition) is 0. The van der Waals surface area contributed by atoms with Gasteiger partial charge in [0.2, 0.25) is 5.91 Å². The summed E-state index contributed by atoms with van der Waals surface area (Å²) in [4.78, 5) is 25.2. The number of ether oxygens (including phenoxy) is 1. The van der Waals surface area contributed by atoms with Gasteiger partial charge in [-0.05, 0) is 26.7 Å². The summed E-state index contributed by atoms with van der Waals surface area (Å²) in [7, 11) is 1.28. The van der Waals surface area contributed by atoms with Crippen LogP contribution in [-0.2, 0) is 14.3 Å². The van der Waals surface area contributed by atoms with Crippen molar-refractivity contribution in [2.75, 3.05) is 13.7 Å². The maximum absolute atomic E-state index is 12.4. The van der Waals surface area contributed by atoms with Gasteiger partial charge in [0.1, 0.15) is 12.0 Å². The molecule has 5 heteroatoms. The van der Waals surface area contributed by atoms with Crippen LogP contribution in [-0.4, -0.2) is 36.5 Å². The predicted molar refractivity (Wildman–Crippen MR) is 67.5 cm³/mol. The Kier molecular flexibility index (Phi) is 6.39. The van der Waals surface area contributed by atoms with Gasteiger partial charge in [0.25, 0.3) is 0 Å². The molecule has 0 radical (unpaired) electrons. The number of nitriles is 1. The molecule has 0 aromatic rings. The number of amides is 1. The van der Waals surface area contributed by atoms with Crippen LogP contribution >= 0.6 is 0 Å². The maximum Gasteiger partial charge on any atom is 0.325 e. The van der Waals surface area contributed by atoms with E-state index >= 15 is 0 Å². The van der Waals surface area contributed by atoms with Gasteiger partial charge in [-0.25, -0.2) is 0 Å². The molecule has 0 bridgehead atoms. The highest BCUT2D eigenvalue weighted by molar-refractivity contribution is 5.88. The van der Waals surface area contributed by atoms with Crippen LogP contribution in [0.25, 0.3) is 0 Å². The van der Waals surface area contributed by atoms with E-state index in [2.05, 4.69) is 10.8 Å². The Hall–Kier alpha value is -1.57. The van der Waals surface area contributed by atoms with Crippen molar-refractivity contribution in [3.05, 3.63) is 0 Å². The van der Waals surface area contributed by atoms with E-state index in [0.717, 1.165) is 0 Å². The van der Waals surface area contributed by atoms with Gasteiger partial charge in [0.15, 0.2) is 0 Å². The fourth-order valence-corrected chi connectivity index (χ4v) is 1.73. The molecule has 0 fully saturated rings. The molecule has 0 aromatic heterocycles. The first-order chi connectivity index (χ1) is 8.38. The Bertz CT molecular complexity index is 341. The minimum absolute atomic E-state index is 0.115. The molecule has 0 heterocycles. The second-order valence-corrected chi connectivity index (χ2v) is 4.50. The minimum atomic E-state index is -1.04. The largest absolute Gasteiger partial charge is 0.468 e. The van der Waals surface area contributed by atoms with Crippen molar-refractivity contribution in [1.29, 1.82) is 5.26 Å². The Balaban J connectivity index is 5.20. The van der Waals surface area contributed by atoms with Crippen LogP contribution in [0, 0.1) is 16.7 Å². The average Bonchev–Trinajstić information content (AvgIpc) is 2.37. The molecule has 18 heavy (non-hydrogen) atoms. The third-order valence-electron chi connectivity index (χ3n) is 3.24. The number of carbonyl (C=O) groups excluding carboxylic acids is 2. The summed E-state index contributed by atoms with van der Waals surface area (Å²) in [6, 6.07) is 1.95. The molecule has 0 aliphatic rings.